The van der Waals surface area contributed by atoms with Crippen molar-refractivity contribution in [2.24, 2.45) is 5.73 Å². The molecule has 0 bridgehead atoms. The molecule has 0 amide bonds. The molecular weight excluding hydrogens is 128 g/mol. The van der Waals surface area contributed by atoms with Crippen molar-refractivity contribution >= 4 is 0 Å². The number of nitrogens with two attached hydrogens (primary N) is 1. The normalized spacial score (nSPS) is 27.9. The molecule has 2 rings (SSSR count). The lowest BCUT2D eigenvalue weighted by molar-refractivity contribution is 0.248. The molecule has 1 unspecified atom stereocenters. The highest BCUT2D eigenvalue weighted by Gasteiger charge is 2.19. The first-order valence-corrected chi connectivity index (χ1v) is 3.14. The van der Waals surface area contributed by atoms with Crippen LogP contribution < -0.4 is 5.73 Å². The zero-order chi connectivity index (χ0) is 6.97. The van der Waals surface area contributed by atoms with Crippen molar-refractivity contribution in [3.63, 3.8) is 0 Å². The van der Waals surface area contributed by atoms with Crippen LogP contribution in [0.1, 0.15) is 0 Å². The molecule has 0 fully saturated rings. The SMILES string of the molecule is NC1C=CC=C2OC=CN21. The second-order valence-electron chi connectivity index (χ2n) is 2.19. The molecule has 2 aliphatic rings. The van der Waals surface area contributed by atoms with Crippen LogP contribution in [0.5, 0.6) is 0 Å². The lowest BCUT2D eigenvalue weighted by Crippen LogP contribution is -2.35. The van der Waals surface area contributed by atoms with Gasteiger partial charge in [-0.3, -0.25) is 4.90 Å². The second-order valence-corrected chi connectivity index (χ2v) is 2.19. The summed E-state index contributed by atoms with van der Waals surface area (Å²) in [5, 5.41) is 0. The quantitative estimate of drug-likeness (QED) is 0.526. The minimum Gasteiger partial charge on any atom is -0.447 e. The maximum absolute atomic E-state index is 5.69. The molecule has 2 aliphatic heterocycles. The van der Waals surface area contributed by atoms with Crippen molar-refractivity contribution < 1.29 is 4.74 Å². The number of rotatable bonds is 0. The van der Waals surface area contributed by atoms with Crippen LogP contribution in [0.2, 0.25) is 0 Å². The summed E-state index contributed by atoms with van der Waals surface area (Å²) in [5.41, 5.74) is 5.69. The average Bonchev–Trinajstić information content (AvgIpc) is 2.36. The van der Waals surface area contributed by atoms with Crippen LogP contribution in [0.3, 0.4) is 0 Å². The molecule has 0 aliphatic carbocycles. The lowest BCUT2D eigenvalue weighted by atomic mass is 10.3. The highest BCUT2D eigenvalue weighted by atomic mass is 16.5. The average molecular weight is 136 g/mol. The number of hydrogen-bond donors (Lipinski definition) is 1. The van der Waals surface area contributed by atoms with Crippen LogP contribution >= 0.6 is 0 Å². The molecule has 2 N–H and O–H groups in total. The minimum atomic E-state index is -0.0706. The monoisotopic (exact) mass is 136 g/mol. The molecule has 3 heteroatoms. The molecule has 0 radical (unpaired) electrons. The smallest absolute Gasteiger partial charge is 0.200 e. The van der Waals surface area contributed by atoms with Gasteiger partial charge in [0, 0.05) is 6.20 Å². The summed E-state index contributed by atoms with van der Waals surface area (Å²) in [6.07, 6.45) is 9.05. The minimum absolute atomic E-state index is 0.0706. The van der Waals surface area contributed by atoms with Gasteiger partial charge in [0.25, 0.3) is 0 Å². The van der Waals surface area contributed by atoms with Crippen LogP contribution in [-0.2, 0) is 4.74 Å². The molecule has 0 aromatic heterocycles. The highest BCUT2D eigenvalue weighted by molar-refractivity contribution is 5.21. The Bertz CT molecular complexity index is 230. The molecule has 10 heavy (non-hydrogen) atoms. The van der Waals surface area contributed by atoms with Crippen LogP contribution in [0.25, 0.3) is 0 Å². The number of ether oxygens (including phenoxy) is 1. The fourth-order valence-electron chi connectivity index (χ4n) is 1.02. The topological polar surface area (TPSA) is 38.5 Å². The Labute approximate surface area is 59.1 Å². The van der Waals surface area contributed by atoms with Crippen LogP contribution in [0, 0.1) is 0 Å². The summed E-state index contributed by atoms with van der Waals surface area (Å²) in [7, 11) is 0. The van der Waals surface area contributed by atoms with Gasteiger partial charge in [-0.2, -0.15) is 0 Å². The fraction of sp³-hybridized carbons (Fsp3) is 0.143. The largest absolute Gasteiger partial charge is 0.447 e. The van der Waals surface area contributed by atoms with Crippen molar-refractivity contribution in [2.45, 2.75) is 6.17 Å². The van der Waals surface area contributed by atoms with E-state index in [1.807, 2.05) is 29.3 Å². The Morgan fingerprint density at radius 1 is 1.60 bits per heavy atom. The predicted molar refractivity (Wildman–Crippen MR) is 37.3 cm³/mol. The van der Waals surface area contributed by atoms with E-state index in [2.05, 4.69) is 0 Å². The van der Waals surface area contributed by atoms with E-state index in [-0.39, 0.29) is 6.17 Å². The Balaban J connectivity index is 2.31. The van der Waals surface area contributed by atoms with Crippen molar-refractivity contribution in [3.8, 4) is 0 Å². The van der Waals surface area contributed by atoms with E-state index in [1.165, 1.54) is 0 Å². The number of nitrogens with zero attached hydrogens (tertiary/aromatic N) is 1. The summed E-state index contributed by atoms with van der Waals surface area (Å²) < 4.78 is 5.10. The van der Waals surface area contributed by atoms with Gasteiger partial charge in [-0.05, 0) is 12.2 Å². The molecule has 52 valence electrons. The van der Waals surface area contributed by atoms with Crippen molar-refractivity contribution in [1.82, 2.24) is 4.90 Å². The summed E-state index contributed by atoms with van der Waals surface area (Å²) >= 11 is 0. The van der Waals surface area contributed by atoms with Gasteiger partial charge >= 0.3 is 0 Å². The van der Waals surface area contributed by atoms with E-state index in [4.69, 9.17) is 10.5 Å². The van der Waals surface area contributed by atoms with Crippen LogP contribution in [0.4, 0.5) is 0 Å². The summed E-state index contributed by atoms with van der Waals surface area (Å²) in [5.74, 6) is 0.801. The number of allylic oxidation sites excluding steroid dienone is 2. The zero-order valence-electron chi connectivity index (χ0n) is 5.40. The zero-order valence-corrected chi connectivity index (χ0v) is 5.40. The standard InChI is InChI=1S/C7H8N2O/c8-6-2-1-3-7-9(6)4-5-10-7/h1-6H,8H2. The van der Waals surface area contributed by atoms with Crippen molar-refractivity contribution in [1.29, 1.82) is 0 Å². The molecule has 0 aromatic rings. The Morgan fingerprint density at radius 2 is 2.50 bits per heavy atom. The second kappa shape index (κ2) is 1.88. The van der Waals surface area contributed by atoms with E-state index in [9.17, 15) is 0 Å². The summed E-state index contributed by atoms with van der Waals surface area (Å²) in [6.45, 7) is 0. The van der Waals surface area contributed by atoms with Gasteiger partial charge in [0.2, 0.25) is 5.88 Å². The number of hydrogen-bond acceptors (Lipinski definition) is 3. The van der Waals surface area contributed by atoms with Crippen molar-refractivity contribution in [2.75, 3.05) is 0 Å². The van der Waals surface area contributed by atoms with Crippen LogP contribution in [0.15, 0.2) is 36.6 Å². The van der Waals surface area contributed by atoms with E-state index < -0.39 is 0 Å². The lowest BCUT2D eigenvalue weighted by Gasteiger charge is -2.23. The first-order valence-electron chi connectivity index (χ1n) is 3.14. The molecule has 0 aromatic carbocycles. The maximum Gasteiger partial charge on any atom is 0.200 e. The molecule has 3 nitrogen and oxygen atoms in total. The third kappa shape index (κ3) is 0.642. The first kappa shape index (κ1) is 5.56. The molecule has 0 saturated heterocycles. The maximum atomic E-state index is 5.69. The molecule has 0 saturated carbocycles. The van der Waals surface area contributed by atoms with Gasteiger partial charge in [0.15, 0.2) is 0 Å². The molecular formula is C7H8N2O. The molecule has 2 heterocycles. The predicted octanol–water partition coefficient (Wildman–Crippen LogP) is 0.486. The Hall–Kier alpha value is -1.22. The number of fused-ring (bicyclic) bond motifs is 1. The Morgan fingerprint density at radius 3 is 3.30 bits per heavy atom. The van der Waals surface area contributed by atoms with Crippen molar-refractivity contribution in [3.05, 3.63) is 36.6 Å². The van der Waals surface area contributed by atoms with Gasteiger partial charge in [0.1, 0.15) is 12.4 Å². The van der Waals surface area contributed by atoms with Gasteiger partial charge in [-0.1, -0.05) is 6.08 Å². The third-order valence-corrected chi connectivity index (χ3v) is 1.53. The summed E-state index contributed by atoms with van der Waals surface area (Å²) in [4.78, 5) is 1.86. The van der Waals surface area contributed by atoms with E-state index in [1.54, 1.807) is 6.26 Å². The Kier molecular flexibility index (Phi) is 1.05. The third-order valence-electron chi connectivity index (χ3n) is 1.53. The van der Waals surface area contributed by atoms with Crippen LogP contribution in [-0.4, -0.2) is 11.1 Å². The first-order chi connectivity index (χ1) is 4.88. The highest BCUT2D eigenvalue weighted by Crippen LogP contribution is 2.19. The fourth-order valence-corrected chi connectivity index (χ4v) is 1.02. The summed E-state index contributed by atoms with van der Waals surface area (Å²) in [6, 6.07) is 0. The van der Waals surface area contributed by atoms with Gasteiger partial charge < -0.3 is 10.5 Å². The van der Waals surface area contributed by atoms with E-state index >= 15 is 0 Å². The van der Waals surface area contributed by atoms with Gasteiger partial charge in [-0.25, -0.2) is 0 Å². The van der Waals surface area contributed by atoms with Gasteiger partial charge in [-0.15, -0.1) is 0 Å². The van der Waals surface area contributed by atoms with E-state index in [0.29, 0.717) is 0 Å². The molecule has 1 atom stereocenters. The van der Waals surface area contributed by atoms with E-state index in [0.717, 1.165) is 5.88 Å². The molecule has 0 spiro atoms. The van der Waals surface area contributed by atoms with Gasteiger partial charge in [0.05, 0.1) is 0 Å².